The van der Waals surface area contributed by atoms with E-state index in [9.17, 15) is 14.4 Å². The van der Waals surface area contributed by atoms with E-state index in [1.165, 1.54) is 6.92 Å². The molecule has 0 unspecified atom stereocenters. The van der Waals surface area contributed by atoms with Crippen molar-refractivity contribution < 1.29 is 14.4 Å². The molecule has 0 aliphatic carbocycles. The second-order valence-electron chi connectivity index (χ2n) is 5.47. The van der Waals surface area contributed by atoms with E-state index in [2.05, 4.69) is 16.0 Å². The lowest BCUT2D eigenvalue weighted by molar-refractivity contribution is -0.132. The van der Waals surface area contributed by atoms with E-state index in [1.54, 1.807) is 30.3 Å². The lowest BCUT2D eigenvalue weighted by atomic mass is 10.1. The summed E-state index contributed by atoms with van der Waals surface area (Å²) in [6.45, 7) is 5.31. The van der Waals surface area contributed by atoms with Crippen LogP contribution in [-0.2, 0) is 14.4 Å². The Morgan fingerprint density at radius 1 is 0.667 bits per heavy atom. The molecule has 0 heterocycles. The molecule has 0 aliphatic heterocycles. The van der Waals surface area contributed by atoms with Crippen LogP contribution < -0.4 is 16.0 Å². The van der Waals surface area contributed by atoms with Crippen LogP contribution in [0.3, 0.4) is 0 Å². The van der Waals surface area contributed by atoms with Crippen molar-refractivity contribution in [1.29, 1.82) is 0 Å². The van der Waals surface area contributed by atoms with E-state index < -0.39 is 11.8 Å². The van der Waals surface area contributed by atoms with Crippen molar-refractivity contribution in [3.05, 3.63) is 53.6 Å². The maximum atomic E-state index is 11.9. The fourth-order valence-electron chi connectivity index (χ4n) is 2.04. The van der Waals surface area contributed by atoms with Crippen molar-refractivity contribution >= 4 is 34.8 Å². The van der Waals surface area contributed by atoms with Crippen LogP contribution in [0.2, 0.25) is 0 Å². The number of benzene rings is 2. The van der Waals surface area contributed by atoms with E-state index in [4.69, 9.17) is 0 Å². The fourth-order valence-corrected chi connectivity index (χ4v) is 2.04. The largest absolute Gasteiger partial charge is 0.326 e. The number of carbonyl (C=O) groups is 3. The highest BCUT2D eigenvalue weighted by molar-refractivity contribution is 6.43. The Labute approximate surface area is 140 Å². The summed E-state index contributed by atoms with van der Waals surface area (Å²) < 4.78 is 0. The van der Waals surface area contributed by atoms with Gasteiger partial charge in [-0.15, -0.1) is 0 Å². The molecule has 2 aromatic carbocycles. The Balaban J connectivity index is 1.97. The Hall–Kier alpha value is -3.15. The van der Waals surface area contributed by atoms with E-state index in [1.807, 2.05) is 26.0 Å². The van der Waals surface area contributed by atoms with E-state index in [-0.39, 0.29) is 5.91 Å². The van der Waals surface area contributed by atoms with Gasteiger partial charge in [-0.1, -0.05) is 6.07 Å². The molecule has 0 saturated carbocycles. The highest BCUT2D eigenvalue weighted by Gasteiger charge is 2.14. The monoisotopic (exact) mass is 325 g/mol. The summed E-state index contributed by atoms with van der Waals surface area (Å²) in [5, 5.41) is 7.68. The number of aryl methyl sites for hydroxylation is 2. The number of anilines is 3. The molecule has 0 spiro atoms. The van der Waals surface area contributed by atoms with E-state index in [0.717, 1.165) is 11.1 Å². The number of rotatable bonds is 3. The van der Waals surface area contributed by atoms with Crippen LogP contribution in [0.15, 0.2) is 42.5 Å². The van der Waals surface area contributed by atoms with Crippen molar-refractivity contribution in [3.63, 3.8) is 0 Å². The van der Waals surface area contributed by atoms with Crippen LogP contribution >= 0.6 is 0 Å². The van der Waals surface area contributed by atoms with Gasteiger partial charge in [0.2, 0.25) is 5.91 Å². The van der Waals surface area contributed by atoms with Crippen molar-refractivity contribution in [1.82, 2.24) is 0 Å². The smallest absolute Gasteiger partial charge is 0.314 e. The molecule has 0 bridgehead atoms. The van der Waals surface area contributed by atoms with Crippen molar-refractivity contribution in [2.24, 2.45) is 0 Å². The van der Waals surface area contributed by atoms with E-state index >= 15 is 0 Å². The second-order valence-corrected chi connectivity index (χ2v) is 5.47. The van der Waals surface area contributed by atoms with Crippen LogP contribution in [-0.4, -0.2) is 17.7 Å². The van der Waals surface area contributed by atoms with Gasteiger partial charge in [-0.25, -0.2) is 0 Å². The van der Waals surface area contributed by atoms with Crippen LogP contribution in [0.4, 0.5) is 17.1 Å². The number of amides is 3. The molecular weight excluding hydrogens is 306 g/mol. The topological polar surface area (TPSA) is 87.3 Å². The number of nitrogens with one attached hydrogen (secondary N) is 3. The zero-order valence-corrected chi connectivity index (χ0v) is 13.8. The van der Waals surface area contributed by atoms with Gasteiger partial charge < -0.3 is 16.0 Å². The molecule has 124 valence electrons. The number of hydrogen-bond acceptors (Lipinski definition) is 3. The highest BCUT2D eigenvalue weighted by Crippen LogP contribution is 2.15. The number of hydrogen-bond donors (Lipinski definition) is 3. The highest BCUT2D eigenvalue weighted by atomic mass is 16.2. The minimum atomic E-state index is -0.763. The predicted octanol–water partition coefficient (Wildman–Crippen LogP) is 2.84. The summed E-state index contributed by atoms with van der Waals surface area (Å²) in [5.41, 5.74) is 3.78. The molecule has 6 heteroatoms. The summed E-state index contributed by atoms with van der Waals surface area (Å²) in [4.78, 5) is 34.8. The SMILES string of the molecule is CC(=O)Nc1ccc(NC(=O)C(=O)Nc2ccc(C)c(C)c2)cc1. The first-order valence-electron chi connectivity index (χ1n) is 7.42. The molecule has 3 amide bonds. The molecule has 0 atom stereocenters. The first kappa shape index (κ1) is 17.2. The summed E-state index contributed by atoms with van der Waals surface area (Å²) in [5.74, 6) is -1.69. The van der Waals surface area contributed by atoms with Gasteiger partial charge in [-0.2, -0.15) is 0 Å². The number of carbonyl (C=O) groups excluding carboxylic acids is 3. The summed E-state index contributed by atoms with van der Waals surface area (Å²) in [6, 6.07) is 11.9. The van der Waals surface area contributed by atoms with Crippen LogP contribution in [0, 0.1) is 13.8 Å². The lowest BCUT2D eigenvalue weighted by Crippen LogP contribution is -2.29. The second kappa shape index (κ2) is 7.41. The van der Waals surface area contributed by atoms with Gasteiger partial charge in [0, 0.05) is 24.0 Å². The first-order valence-corrected chi connectivity index (χ1v) is 7.42. The quantitative estimate of drug-likeness (QED) is 0.758. The molecule has 24 heavy (non-hydrogen) atoms. The van der Waals surface area contributed by atoms with Crippen molar-refractivity contribution in [2.45, 2.75) is 20.8 Å². The maximum Gasteiger partial charge on any atom is 0.314 e. The first-order chi connectivity index (χ1) is 11.3. The molecule has 0 saturated heterocycles. The molecule has 0 radical (unpaired) electrons. The Bertz CT molecular complexity index is 783. The zero-order valence-electron chi connectivity index (χ0n) is 13.8. The lowest BCUT2D eigenvalue weighted by Gasteiger charge is -2.09. The van der Waals surface area contributed by atoms with Gasteiger partial charge in [0.05, 0.1) is 0 Å². The molecule has 2 rings (SSSR count). The fraction of sp³-hybridized carbons (Fsp3) is 0.167. The minimum absolute atomic E-state index is 0.181. The van der Waals surface area contributed by atoms with Gasteiger partial charge in [0.15, 0.2) is 0 Å². The van der Waals surface area contributed by atoms with Gasteiger partial charge in [0.1, 0.15) is 0 Å². The molecule has 0 aliphatic rings. The molecule has 0 fully saturated rings. The van der Waals surface area contributed by atoms with Crippen LogP contribution in [0.25, 0.3) is 0 Å². The Morgan fingerprint density at radius 2 is 1.12 bits per heavy atom. The van der Waals surface area contributed by atoms with Crippen LogP contribution in [0.1, 0.15) is 18.1 Å². The normalized spacial score (nSPS) is 9.96. The zero-order chi connectivity index (χ0) is 17.7. The third-order valence-electron chi connectivity index (χ3n) is 3.43. The van der Waals surface area contributed by atoms with Gasteiger partial charge in [-0.3, -0.25) is 14.4 Å². The third-order valence-corrected chi connectivity index (χ3v) is 3.43. The summed E-state index contributed by atoms with van der Waals surface area (Å²) in [6.07, 6.45) is 0. The minimum Gasteiger partial charge on any atom is -0.326 e. The summed E-state index contributed by atoms with van der Waals surface area (Å²) >= 11 is 0. The Morgan fingerprint density at radius 3 is 1.62 bits per heavy atom. The maximum absolute atomic E-state index is 11.9. The third kappa shape index (κ3) is 4.67. The van der Waals surface area contributed by atoms with Gasteiger partial charge in [-0.05, 0) is 61.4 Å². The average Bonchev–Trinajstić information content (AvgIpc) is 2.52. The molecule has 2 aromatic rings. The summed E-state index contributed by atoms with van der Waals surface area (Å²) in [7, 11) is 0. The van der Waals surface area contributed by atoms with Gasteiger partial charge >= 0.3 is 11.8 Å². The van der Waals surface area contributed by atoms with Gasteiger partial charge in [0.25, 0.3) is 0 Å². The average molecular weight is 325 g/mol. The molecular formula is C18H19N3O3. The Kier molecular flexibility index (Phi) is 5.31. The predicted molar refractivity (Wildman–Crippen MR) is 93.9 cm³/mol. The van der Waals surface area contributed by atoms with Crippen molar-refractivity contribution in [3.8, 4) is 0 Å². The van der Waals surface area contributed by atoms with Crippen molar-refractivity contribution in [2.75, 3.05) is 16.0 Å². The molecule has 3 N–H and O–H groups in total. The van der Waals surface area contributed by atoms with E-state index in [0.29, 0.717) is 17.1 Å². The molecule has 6 nitrogen and oxygen atoms in total. The van der Waals surface area contributed by atoms with Crippen LogP contribution in [0.5, 0.6) is 0 Å². The standard InChI is InChI=1S/C18H19N3O3/c1-11-4-5-16(10-12(11)2)21-18(24)17(23)20-15-8-6-14(7-9-15)19-13(3)22/h4-10H,1-3H3,(H,19,22)(H,20,23)(H,21,24). The molecule has 0 aromatic heterocycles.